The van der Waals surface area contributed by atoms with Crippen molar-refractivity contribution < 1.29 is 31.4 Å². The summed E-state index contributed by atoms with van der Waals surface area (Å²) in [5.41, 5.74) is 2.80. The Bertz CT molecular complexity index is 1470. The third-order valence-electron chi connectivity index (χ3n) is 7.87. The van der Waals surface area contributed by atoms with E-state index in [0.29, 0.717) is 19.5 Å². The van der Waals surface area contributed by atoms with Crippen LogP contribution in [0.1, 0.15) is 30.4 Å². The van der Waals surface area contributed by atoms with Gasteiger partial charge in [0.05, 0.1) is 17.6 Å². The van der Waals surface area contributed by atoms with Crippen LogP contribution in [-0.4, -0.2) is 71.5 Å². The fourth-order valence-electron chi connectivity index (χ4n) is 6.14. The van der Waals surface area contributed by atoms with E-state index in [9.17, 15) is 17.6 Å². The van der Waals surface area contributed by atoms with Gasteiger partial charge in [-0.05, 0) is 44.0 Å². The highest BCUT2D eigenvalue weighted by Crippen LogP contribution is 2.45. The minimum absolute atomic E-state index is 0.0267. The Kier molecular flexibility index (Phi) is 5.97. The maximum absolute atomic E-state index is 16.2. The molecule has 208 valence electrons. The van der Waals surface area contributed by atoms with Crippen LogP contribution in [0, 0.1) is 12.7 Å². The van der Waals surface area contributed by atoms with Crippen LogP contribution < -0.4 is 20.1 Å². The summed E-state index contributed by atoms with van der Waals surface area (Å²) in [6, 6.07) is 2.06. The summed E-state index contributed by atoms with van der Waals surface area (Å²) in [6.45, 7) is 2.95. The normalized spacial score (nSPS) is 23.2. The molecule has 2 atom stereocenters. The van der Waals surface area contributed by atoms with Crippen LogP contribution in [0.5, 0.6) is 11.9 Å². The summed E-state index contributed by atoms with van der Waals surface area (Å²) in [5.74, 6) is -0.894. The number of aryl methyl sites for hydroxylation is 1. The van der Waals surface area contributed by atoms with Crippen molar-refractivity contribution in [2.24, 2.45) is 0 Å². The number of nitrogen functional groups attached to an aromatic ring is 1. The van der Waals surface area contributed by atoms with E-state index < -0.39 is 40.5 Å². The van der Waals surface area contributed by atoms with Crippen molar-refractivity contribution in [2.45, 2.75) is 44.1 Å². The third-order valence-corrected chi connectivity index (χ3v) is 7.87. The zero-order valence-corrected chi connectivity index (χ0v) is 21.4. The molecule has 1 aromatic carbocycles. The molecule has 2 N–H and O–H groups in total. The Morgan fingerprint density at radius 1 is 1.21 bits per heavy atom. The number of ether oxygens (including phenoxy) is 2. The smallest absolute Gasteiger partial charge is 0.417 e. The van der Waals surface area contributed by atoms with Gasteiger partial charge in [-0.15, -0.1) is 0 Å². The molecule has 0 aliphatic carbocycles. The number of hydrogen-bond donors (Lipinski definition) is 1. The lowest BCUT2D eigenvalue weighted by atomic mass is 9.95. The van der Waals surface area contributed by atoms with Gasteiger partial charge in [0, 0.05) is 31.3 Å². The van der Waals surface area contributed by atoms with Crippen molar-refractivity contribution in [3.8, 4) is 23.1 Å². The Balaban J connectivity index is 1.51. The van der Waals surface area contributed by atoms with Crippen molar-refractivity contribution in [1.29, 1.82) is 0 Å². The first kappa shape index (κ1) is 25.8. The van der Waals surface area contributed by atoms with E-state index in [2.05, 4.69) is 19.9 Å². The van der Waals surface area contributed by atoms with Crippen LogP contribution in [0.25, 0.3) is 22.2 Å². The fourth-order valence-corrected chi connectivity index (χ4v) is 6.14. The maximum Gasteiger partial charge on any atom is 0.417 e. The number of anilines is 2. The van der Waals surface area contributed by atoms with Crippen LogP contribution in [0.2, 0.25) is 0 Å². The minimum Gasteiger partial charge on any atom is -0.475 e. The molecular weight excluding hydrogens is 523 g/mol. The zero-order chi connectivity index (χ0) is 27.7. The molecule has 3 aromatic rings. The van der Waals surface area contributed by atoms with E-state index in [0.717, 1.165) is 25.5 Å². The van der Waals surface area contributed by atoms with Crippen molar-refractivity contribution in [3.05, 3.63) is 29.1 Å². The van der Waals surface area contributed by atoms with E-state index in [-0.39, 0.29) is 53.1 Å². The molecular formula is C26H27F5N6O2. The second kappa shape index (κ2) is 9.04. The molecule has 0 radical (unpaired) electrons. The first-order valence-corrected chi connectivity index (χ1v) is 12.7. The molecule has 2 saturated heterocycles. The highest BCUT2D eigenvalue weighted by Gasteiger charge is 2.49. The van der Waals surface area contributed by atoms with Crippen LogP contribution >= 0.6 is 0 Å². The standard InChI is InChI=1S/C26H27F5N6O2/c1-13-8-15(32)9-16(18(13)26(29,30)31)20-19(28)21-17-22(36(2)6-7-38-23(17)33-20)35-24(34-21)39-12-25-4-3-5-37(25)11-14(27)10-25/h8-9,14H,3-7,10-12,32H2,1-2H3/t14-,25+/m1/s1. The summed E-state index contributed by atoms with van der Waals surface area (Å²) < 4.78 is 84.4. The quantitative estimate of drug-likeness (QED) is 0.375. The number of fused-ring (bicyclic) bond motifs is 1. The first-order valence-electron chi connectivity index (χ1n) is 12.7. The van der Waals surface area contributed by atoms with Crippen LogP contribution in [0.4, 0.5) is 33.5 Å². The zero-order valence-electron chi connectivity index (χ0n) is 21.4. The lowest BCUT2D eigenvalue weighted by molar-refractivity contribution is -0.137. The van der Waals surface area contributed by atoms with Gasteiger partial charge in [-0.1, -0.05) is 0 Å². The third kappa shape index (κ3) is 4.26. The number of halogens is 5. The minimum atomic E-state index is -4.79. The molecule has 39 heavy (non-hydrogen) atoms. The molecule has 2 fully saturated rings. The van der Waals surface area contributed by atoms with E-state index in [1.54, 1.807) is 11.9 Å². The van der Waals surface area contributed by atoms with E-state index in [1.807, 2.05) is 0 Å². The Hall–Kier alpha value is -3.48. The molecule has 0 amide bonds. The van der Waals surface area contributed by atoms with Crippen molar-refractivity contribution in [3.63, 3.8) is 0 Å². The van der Waals surface area contributed by atoms with Gasteiger partial charge in [0.2, 0.25) is 5.88 Å². The Morgan fingerprint density at radius 3 is 2.77 bits per heavy atom. The molecule has 5 heterocycles. The van der Waals surface area contributed by atoms with E-state index in [4.69, 9.17) is 15.2 Å². The Labute approximate surface area is 220 Å². The molecule has 3 aliphatic heterocycles. The van der Waals surface area contributed by atoms with Gasteiger partial charge < -0.3 is 20.1 Å². The predicted octanol–water partition coefficient (Wildman–Crippen LogP) is 4.52. The number of aromatic nitrogens is 3. The van der Waals surface area contributed by atoms with E-state index in [1.165, 1.54) is 13.0 Å². The van der Waals surface area contributed by atoms with Crippen molar-refractivity contribution in [2.75, 3.05) is 50.5 Å². The van der Waals surface area contributed by atoms with Gasteiger partial charge >= 0.3 is 12.2 Å². The summed E-state index contributed by atoms with van der Waals surface area (Å²) >= 11 is 0. The van der Waals surface area contributed by atoms with Gasteiger partial charge in [0.1, 0.15) is 41.8 Å². The summed E-state index contributed by atoms with van der Waals surface area (Å²) in [5, 5.41) is 0.128. The number of nitrogens with zero attached hydrogens (tertiary/aromatic N) is 5. The lowest BCUT2D eigenvalue weighted by Crippen LogP contribution is -2.43. The second-order valence-electron chi connectivity index (χ2n) is 10.5. The lowest BCUT2D eigenvalue weighted by Gasteiger charge is -2.31. The Morgan fingerprint density at radius 2 is 2.00 bits per heavy atom. The van der Waals surface area contributed by atoms with Crippen molar-refractivity contribution >= 4 is 22.4 Å². The molecule has 0 spiro atoms. The van der Waals surface area contributed by atoms with Gasteiger partial charge in [0.25, 0.3) is 0 Å². The van der Waals surface area contributed by atoms with Crippen molar-refractivity contribution in [1.82, 2.24) is 19.9 Å². The predicted molar refractivity (Wildman–Crippen MR) is 134 cm³/mol. The summed E-state index contributed by atoms with van der Waals surface area (Å²) in [6.07, 6.45) is -3.77. The molecule has 6 rings (SSSR count). The largest absolute Gasteiger partial charge is 0.475 e. The molecule has 0 unspecified atom stereocenters. The molecule has 8 nitrogen and oxygen atoms in total. The number of rotatable bonds is 4. The van der Waals surface area contributed by atoms with Gasteiger partial charge in [0.15, 0.2) is 5.82 Å². The highest BCUT2D eigenvalue weighted by atomic mass is 19.4. The van der Waals surface area contributed by atoms with Crippen LogP contribution in [-0.2, 0) is 6.18 Å². The average molecular weight is 551 g/mol. The molecule has 3 aliphatic rings. The number of alkyl halides is 4. The first-order chi connectivity index (χ1) is 18.5. The highest BCUT2D eigenvalue weighted by molar-refractivity contribution is 5.97. The summed E-state index contributed by atoms with van der Waals surface area (Å²) in [4.78, 5) is 16.7. The number of hydrogen-bond acceptors (Lipinski definition) is 8. The number of nitrogens with two attached hydrogens (primary N) is 1. The monoisotopic (exact) mass is 550 g/mol. The summed E-state index contributed by atoms with van der Waals surface area (Å²) in [7, 11) is 1.72. The van der Waals surface area contributed by atoms with Gasteiger partial charge in [-0.2, -0.15) is 23.1 Å². The van der Waals surface area contributed by atoms with Crippen LogP contribution in [0.15, 0.2) is 12.1 Å². The molecule has 13 heteroatoms. The van der Waals surface area contributed by atoms with E-state index >= 15 is 4.39 Å². The number of pyridine rings is 1. The SMILES string of the molecule is Cc1cc(N)cc(-c2nc3c4c(nc(OC[C@@]56CCCN5C[C@H](F)C6)nc4c2F)N(C)CCO3)c1C(F)(F)F. The molecule has 0 bridgehead atoms. The number of benzene rings is 1. The number of likely N-dealkylation sites (N-methyl/N-ethyl adjacent to an activating group) is 1. The topological polar surface area (TPSA) is 89.6 Å². The van der Waals surface area contributed by atoms with Gasteiger partial charge in [-0.3, -0.25) is 4.90 Å². The second-order valence-corrected chi connectivity index (χ2v) is 10.5. The van der Waals surface area contributed by atoms with Crippen LogP contribution in [0.3, 0.4) is 0 Å². The maximum atomic E-state index is 16.2. The van der Waals surface area contributed by atoms with Gasteiger partial charge in [-0.25, -0.2) is 13.8 Å². The molecule has 0 saturated carbocycles. The fraction of sp³-hybridized carbons (Fsp3) is 0.500. The molecule has 2 aromatic heterocycles. The average Bonchev–Trinajstić information content (AvgIpc) is 3.32.